The summed E-state index contributed by atoms with van der Waals surface area (Å²) >= 11 is 1.98. The summed E-state index contributed by atoms with van der Waals surface area (Å²) in [7, 11) is 0. The lowest BCUT2D eigenvalue weighted by molar-refractivity contribution is 0.843. The fraction of sp³-hybridized carbons (Fsp3) is 0.429. The maximum absolute atomic E-state index is 2.30. The highest BCUT2D eigenvalue weighted by Crippen LogP contribution is 2.36. The number of aryl methyl sites for hydroxylation is 1. The van der Waals surface area contributed by atoms with E-state index in [2.05, 4.69) is 45.0 Å². The molecular weight excluding hydrogens is 200 g/mol. The van der Waals surface area contributed by atoms with Crippen molar-refractivity contribution in [1.82, 2.24) is 0 Å². The van der Waals surface area contributed by atoms with Gasteiger partial charge in [-0.1, -0.05) is 45.4 Å². The first kappa shape index (κ1) is 10.7. The van der Waals surface area contributed by atoms with Crippen LogP contribution in [0.25, 0.3) is 10.1 Å². The first-order valence-corrected chi connectivity index (χ1v) is 6.56. The van der Waals surface area contributed by atoms with Crippen LogP contribution in [-0.4, -0.2) is 0 Å². The lowest BCUT2D eigenvalue weighted by atomic mass is 9.98. The molecule has 0 atom stereocenters. The van der Waals surface area contributed by atoms with Gasteiger partial charge in [-0.2, -0.15) is 0 Å². The van der Waals surface area contributed by atoms with Gasteiger partial charge in [0.25, 0.3) is 0 Å². The van der Waals surface area contributed by atoms with Crippen molar-refractivity contribution in [2.75, 3.05) is 0 Å². The summed E-state index contributed by atoms with van der Waals surface area (Å²) in [6, 6.07) is 8.79. The molecule has 1 aromatic heterocycles. The Morgan fingerprint density at radius 1 is 1.20 bits per heavy atom. The topological polar surface area (TPSA) is 0 Å². The predicted molar refractivity (Wildman–Crippen MR) is 69.9 cm³/mol. The number of hydrogen-bond donors (Lipinski definition) is 0. The molecule has 0 N–H and O–H groups in total. The van der Waals surface area contributed by atoms with Gasteiger partial charge < -0.3 is 0 Å². The fourth-order valence-electron chi connectivity index (χ4n) is 2.16. The van der Waals surface area contributed by atoms with E-state index >= 15 is 0 Å². The number of hydrogen-bond acceptors (Lipinski definition) is 1. The van der Waals surface area contributed by atoms with Crippen molar-refractivity contribution < 1.29 is 0 Å². The summed E-state index contributed by atoms with van der Waals surface area (Å²) in [6.45, 7) is 6.86. The second-order valence-corrected chi connectivity index (χ2v) is 5.48. The number of rotatable bonds is 3. The molecule has 2 rings (SSSR count). The molecule has 80 valence electrons. The Morgan fingerprint density at radius 2 is 1.93 bits per heavy atom. The van der Waals surface area contributed by atoms with Gasteiger partial charge >= 0.3 is 0 Å². The van der Waals surface area contributed by atoms with Crippen LogP contribution in [0.2, 0.25) is 0 Å². The number of thiophene rings is 1. The molecule has 1 aromatic carbocycles. The van der Waals surface area contributed by atoms with Gasteiger partial charge in [-0.25, -0.2) is 0 Å². The quantitative estimate of drug-likeness (QED) is 0.681. The molecule has 0 radical (unpaired) electrons. The van der Waals surface area contributed by atoms with Gasteiger partial charge in [0, 0.05) is 9.58 Å². The second-order valence-electron chi connectivity index (χ2n) is 4.34. The van der Waals surface area contributed by atoms with Gasteiger partial charge in [-0.05, 0) is 29.4 Å². The van der Waals surface area contributed by atoms with Crippen LogP contribution in [0.5, 0.6) is 0 Å². The Balaban J connectivity index is 2.63. The largest absolute Gasteiger partial charge is 0.140 e. The SMILES string of the molecule is CCCc1sc2ccccc2c1C(C)C. The molecule has 0 bridgehead atoms. The zero-order chi connectivity index (χ0) is 10.8. The third kappa shape index (κ3) is 1.93. The molecule has 15 heavy (non-hydrogen) atoms. The van der Waals surface area contributed by atoms with Gasteiger partial charge in [0.15, 0.2) is 0 Å². The van der Waals surface area contributed by atoms with E-state index in [4.69, 9.17) is 0 Å². The second kappa shape index (κ2) is 4.36. The molecule has 1 heteroatoms. The Bertz CT molecular complexity index is 451. The summed E-state index contributed by atoms with van der Waals surface area (Å²) in [4.78, 5) is 1.59. The molecule has 0 aliphatic rings. The molecule has 0 amide bonds. The van der Waals surface area contributed by atoms with Crippen LogP contribution in [0.4, 0.5) is 0 Å². The zero-order valence-corrected chi connectivity index (χ0v) is 10.5. The minimum Gasteiger partial charge on any atom is -0.140 e. The Morgan fingerprint density at radius 3 is 2.60 bits per heavy atom. The fourth-order valence-corrected chi connectivity index (χ4v) is 3.62. The van der Waals surface area contributed by atoms with Crippen molar-refractivity contribution in [2.24, 2.45) is 0 Å². The molecule has 0 saturated carbocycles. The van der Waals surface area contributed by atoms with Crippen LogP contribution in [-0.2, 0) is 6.42 Å². The van der Waals surface area contributed by atoms with Crippen molar-refractivity contribution >= 4 is 21.4 Å². The number of fused-ring (bicyclic) bond motifs is 1. The van der Waals surface area contributed by atoms with E-state index in [1.54, 1.807) is 10.4 Å². The Kier molecular flexibility index (Phi) is 3.11. The normalized spacial score (nSPS) is 11.5. The van der Waals surface area contributed by atoms with Crippen LogP contribution in [0.1, 0.15) is 43.6 Å². The maximum Gasteiger partial charge on any atom is 0.0348 e. The average Bonchev–Trinajstić information content (AvgIpc) is 2.56. The smallest absolute Gasteiger partial charge is 0.0348 e. The van der Waals surface area contributed by atoms with E-state index in [1.807, 2.05) is 11.3 Å². The van der Waals surface area contributed by atoms with E-state index in [0.717, 1.165) is 0 Å². The molecule has 0 nitrogen and oxygen atoms in total. The van der Waals surface area contributed by atoms with Crippen LogP contribution in [0, 0.1) is 0 Å². The molecule has 0 fully saturated rings. The molecule has 2 aromatic rings. The van der Waals surface area contributed by atoms with Gasteiger partial charge in [0.05, 0.1) is 0 Å². The van der Waals surface area contributed by atoms with Gasteiger partial charge in [0.1, 0.15) is 0 Å². The highest BCUT2D eigenvalue weighted by molar-refractivity contribution is 7.19. The molecule has 0 saturated heterocycles. The van der Waals surface area contributed by atoms with E-state index in [1.165, 1.54) is 22.9 Å². The van der Waals surface area contributed by atoms with Crippen LogP contribution in [0.15, 0.2) is 24.3 Å². The van der Waals surface area contributed by atoms with Gasteiger partial charge in [-0.3, -0.25) is 0 Å². The summed E-state index contributed by atoms with van der Waals surface area (Å²) in [5.74, 6) is 0.641. The van der Waals surface area contributed by atoms with E-state index < -0.39 is 0 Å². The van der Waals surface area contributed by atoms with Gasteiger partial charge in [-0.15, -0.1) is 11.3 Å². The van der Waals surface area contributed by atoms with Crippen molar-refractivity contribution in [1.29, 1.82) is 0 Å². The number of benzene rings is 1. The third-order valence-corrected chi connectivity index (χ3v) is 4.01. The summed E-state index contributed by atoms with van der Waals surface area (Å²) in [6.07, 6.45) is 2.47. The molecular formula is C14H18S. The average molecular weight is 218 g/mol. The molecule has 1 heterocycles. The van der Waals surface area contributed by atoms with E-state index in [9.17, 15) is 0 Å². The maximum atomic E-state index is 2.30. The van der Waals surface area contributed by atoms with Crippen LogP contribution >= 0.6 is 11.3 Å². The predicted octanol–water partition coefficient (Wildman–Crippen LogP) is 4.98. The monoisotopic (exact) mass is 218 g/mol. The standard InChI is InChI=1S/C14H18S/c1-4-7-13-14(10(2)3)11-8-5-6-9-12(11)15-13/h5-6,8-10H,4,7H2,1-3H3. The molecule has 0 aliphatic carbocycles. The van der Waals surface area contributed by atoms with Crippen molar-refractivity contribution in [2.45, 2.75) is 39.5 Å². The third-order valence-electron chi connectivity index (χ3n) is 2.77. The van der Waals surface area contributed by atoms with Gasteiger partial charge in [0.2, 0.25) is 0 Å². The zero-order valence-electron chi connectivity index (χ0n) is 9.71. The Hall–Kier alpha value is -0.820. The van der Waals surface area contributed by atoms with Crippen molar-refractivity contribution in [3.63, 3.8) is 0 Å². The minimum atomic E-state index is 0.641. The lowest BCUT2D eigenvalue weighted by Crippen LogP contribution is -1.91. The summed E-state index contributed by atoms with van der Waals surface area (Å²) < 4.78 is 1.45. The minimum absolute atomic E-state index is 0.641. The van der Waals surface area contributed by atoms with Crippen molar-refractivity contribution in [3.05, 3.63) is 34.7 Å². The molecule has 0 aliphatic heterocycles. The highest BCUT2D eigenvalue weighted by Gasteiger charge is 2.13. The molecule has 0 unspecified atom stereocenters. The lowest BCUT2D eigenvalue weighted by Gasteiger charge is -2.07. The highest BCUT2D eigenvalue weighted by atomic mass is 32.1. The first-order valence-electron chi connectivity index (χ1n) is 5.74. The van der Waals surface area contributed by atoms with E-state index in [-0.39, 0.29) is 0 Å². The van der Waals surface area contributed by atoms with Crippen LogP contribution < -0.4 is 0 Å². The summed E-state index contributed by atoms with van der Waals surface area (Å²) in [5.41, 5.74) is 1.58. The Labute approximate surface area is 95.9 Å². The first-order chi connectivity index (χ1) is 7.24. The van der Waals surface area contributed by atoms with E-state index in [0.29, 0.717) is 5.92 Å². The summed E-state index contributed by atoms with van der Waals surface area (Å²) in [5, 5.41) is 1.47. The molecule has 0 spiro atoms. The van der Waals surface area contributed by atoms with Crippen molar-refractivity contribution in [3.8, 4) is 0 Å². The van der Waals surface area contributed by atoms with Crippen LogP contribution in [0.3, 0.4) is 0 Å².